The molecule has 0 unspecified atom stereocenters. The molecule has 4 rings (SSSR count). The van der Waals surface area contributed by atoms with Gasteiger partial charge in [-0.3, -0.25) is 4.79 Å². The lowest BCUT2D eigenvalue weighted by atomic mass is 9.73. The van der Waals surface area contributed by atoms with Gasteiger partial charge in [-0.1, -0.05) is 37.3 Å². The number of carbonyl (C=O) groups is 1. The van der Waals surface area contributed by atoms with E-state index in [1.165, 1.54) is 27.8 Å². The second kappa shape index (κ2) is 6.65. The van der Waals surface area contributed by atoms with E-state index >= 15 is 0 Å². The van der Waals surface area contributed by atoms with Crippen LogP contribution in [0.2, 0.25) is 0 Å². The standard InChI is InChI=1S/C20H22FN3O3S/c1-3-23(2)28(26,27)24-13-12-20(18(24)14-8-10-15(21)11-9-14)16-6-4-5-7-17(16)22-19(20)25/h4-11,18H,3,12-13H2,1-2H3,(H,22,25)/t18-,20+/m0/s1. The first-order valence-corrected chi connectivity index (χ1v) is 10.6. The fourth-order valence-electron chi connectivity index (χ4n) is 4.34. The van der Waals surface area contributed by atoms with Gasteiger partial charge in [0.15, 0.2) is 0 Å². The van der Waals surface area contributed by atoms with Crippen LogP contribution in [0.25, 0.3) is 0 Å². The van der Waals surface area contributed by atoms with Gasteiger partial charge >= 0.3 is 0 Å². The molecule has 148 valence electrons. The van der Waals surface area contributed by atoms with Crippen LogP contribution in [0, 0.1) is 5.82 Å². The van der Waals surface area contributed by atoms with Gasteiger partial charge in [-0.25, -0.2) is 4.39 Å². The zero-order chi connectivity index (χ0) is 20.1. The Balaban J connectivity index is 1.93. The van der Waals surface area contributed by atoms with Crippen LogP contribution in [0.5, 0.6) is 0 Å². The van der Waals surface area contributed by atoms with Crippen LogP contribution in [-0.4, -0.2) is 43.1 Å². The minimum atomic E-state index is -3.79. The highest BCUT2D eigenvalue weighted by atomic mass is 32.2. The smallest absolute Gasteiger partial charge is 0.282 e. The Bertz CT molecular complexity index is 1030. The van der Waals surface area contributed by atoms with E-state index in [1.54, 1.807) is 19.1 Å². The number of para-hydroxylation sites is 1. The highest BCUT2D eigenvalue weighted by Gasteiger charge is 2.61. The topological polar surface area (TPSA) is 69.7 Å². The van der Waals surface area contributed by atoms with Crippen molar-refractivity contribution < 1.29 is 17.6 Å². The largest absolute Gasteiger partial charge is 0.325 e. The van der Waals surface area contributed by atoms with E-state index in [2.05, 4.69) is 5.32 Å². The summed E-state index contributed by atoms with van der Waals surface area (Å²) in [4.78, 5) is 13.2. The fraction of sp³-hybridized carbons (Fsp3) is 0.350. The maximum atomic E-state index is 13.6. The van der Waals surface area contributed by atoms with Gasteiger partial charge in [-0.2, -0.15) is 17.0 Å². The molecule has 0 radical (unpaired) electrons. The number of nitrogens with zero attached hydrogens (tertiary/aromatic N) is 2. The summed E-state index contributed by atoms with van der Waals surface area (Å²) in [5.74, 6) is -0.632. The third-order valence-corrected chi connectivity index (χ3v) is 7.90. The minimum absolute atomic E-state index is 0.205. The van der Waals surface area contributed by atoms with Crippen LogP contribution in [0.1, 0.15) is 30.5 Å². The molecule has 28 heavy (non-hydrogen) atoms. The van der Waals surface area contributed by atoms with Crippen molar-refractivity contribution in [1.82, 2.24) is 8.61 Å². The van der Waals surface area contributed by atoms with Crippen molar-refractivity contribution in [3.63, 3.8) is 0 Å². The van der Waals surface area contributed by atoms with Crippen molar-refractivity contribution in [2.75, 3.05) is 25.5 Å². The van der Waals surface area contributed by atoms with Crippen molar-refractivity contribution in [2.24, 2.45) is 0 Å². The van der Waals surface area contributed by atoms with Crippen LogP contribution in [0.4, 0.5) is 10.1 Å². The lowest BCUT2D eigenvalue weighted by Gasteiger charge is -2.35. The molecule has 2 atom stereocenters. The Hall–Kier alpha value is -2.29. The van der Waals surface area contributed by atoms with E-state index in [1.807, 2.05) is 24.3 Å². The fourth-order valence-corrected chi connectivity index (χ4v) is 5.92. The molecule has 2 aliphatic heterocycles. The van der Waals surface area contributed by atoms with Gasteiger partial charge in [-0.15, -0.1) is 0 Å². The summed E-state index contributed by atoms with van der Waals surface area (Å²) < 4.78 is 42.6. The quantitative estimate of drug-likeness (QED) is 0.853. The van der Waals surface area contributed by atoms with Gasteiger partial charge in [0, 0.05) is 25.8 Å². The molecule has 2 aromatic carbocycles. The summed E-state index contributed by atoms with van der Waals surface area (Å²) in [7, 11) is -2.27. The highest BCUT2D eigenvalue weighted by Crippen LogP contribution is 2.55. The number of hydrogen-bond donors (Lipinski definition) is 1. The second-order valence-corrected chi connectivity index (χ2v) is 9.20. The molecule has 0 aromatic heterocycles. The Morgan fingerprint density at radius 3 is 2.57 bits per heavy atom. The van der Waals surface area contributed by atoms with Crippen LogP contribution in [0.3, 0.4) is 0 Å². The molecular weight excluding hydrogens is 381 g/mol. The lowest BCUT2D eigenvalue weighted by Crippen LogP contribution is -2.46. The van der Waals surface area contributed by atoms with Crippen molar-refractivity contribution in [1.29, 1.82) is 0 Å². The summed E-state index contributed by atoms with van der Waals surface area (Å²) in [5, 5.41) is 2.91. The number of rotatable bonds is 4. The predicted molar refractivity (Wildman–Crippen MR) is 104 cm³/mol. The molecule has 0 aliphatic carbocycles. The normalized spacial score (nSPS) is 24.7. The number of halogens is 1. The molecule has 1 fully saturated rings. The number of nitrogens with one attached hydrogen (secondary N) is 1. The van der Waals surface area contributed by atoms with Crippen molar-refractivity contribution >= 4 is 21.8 Å². The van der Waals surface area contributed by atoms with Crippen LogP contribution in [0.15, 0.2) is 48.5 Å². The van der Waals surface area contributed by atoms with Gasteiger partial charge < -0.3 is 5.32 Å². The van der Waals surface area contributed by atoms with E-state index < -0.39 is 27.5 Å². The number of fused-ring (bicyclic) bond motifs is 2. The number of hydrogen-bond acceptors (Lipinski definition) is 3. The number of anilines is 1. The summed E-state index contributed by atoms with van der Waals surface area (Å²) in [6, 6.07) is 12.3. The summed E-state index contributed by atoms with van der Waals surface area (Å²) in [6.07, 6.45) is 0.356. The third-order valence-electron chi connectivity index (χ3n) is 5.86. The molecule has 1 saturated heterocycles. The van der Waals surface area contributed by atoms with Crippen molar-refractivity contribution in [3.05, 3.63) is 65.5 Å². The molecule has 8 heteroatoms. The Labute approximate surface area is 164 Å². The average molecular weight is 403 g/mol. The monoisotopic (exact) mass is 403 g/mol. The van der Waals surface area contributed by atoms with Crippen molar-refractivity contribution in [3.8, 4) is 0 Å². The van der Waals surface area contributed by atoms with Gasteiger partial charge in [0.05, 0.1) is 11.5 Å². The average Bonchev–Trinajstić information content (AvgIpc) is 3.22. The maximum absolute atomic E-state index is 13.6. The molecule has 1 N–H and O–H groups in total. The first-order chi connectivity index (χ1) is 13.3. The Morgan fingerprint density at radius 2 is 1.89 bits per heavy atom. The highest BCUT2D eigenvalue weighted by molar-refractivity contribution is 7.86. The van der Waals surface area contributed by atoms with Crippen LogP contribution >= 0.6 is 0 Å². The van der Waals surface area contributed by atoms with E-state index in [9.17, 15) is 17.6 Å². The zero-order valence-corrected chi connectivity index (χ0v) is 16.5. The lowest BCUT2D eigenvalue weighted by molar-refractivity contribution is -0.121. The minimum Gasteiger partial charge on any atom is -0.325 e. The van der Waals surface area contributed by atoms with E-state index in [-0.39, 0.29) is 12.5 Å². The molecule has 0 bridgehead atoms. The Morgan fingerprint density at radius 1 is 1.21 bits per heavy atom. The zero-order valence-electron chi connectivity index (χ0n) is 15.7. The first-order valence-electron chi connectivity index (χ1n) is 9.22. The predicted octanol–water partition coefficient (Wildman–Crippen LogP) is 2.66. The molecule has 2 aliphatic rings. The molecule has 1 amide bonds. The molecular formula is C20H22FN3O3S. The van der Waals surface area contributed by atoms with E-state index in [0.29, 0.717) is 24.2 Å². The second-order valence-electron chi connectivity index (χ2n) is 7.21. The number of amides is 1. The van der Waals surface area contributed by atoms with Crippen LogP contribution in [-0.2, 0) is 20.4 Å². The molecule has 2 heterocycles. The maximum Gasteiger partial charge on any atom is 0.282 e. The molecule has 2 aromatic rings. The van der Waals surface area contributed by atoms with Gasteiger partial charge in [0.1, 0.15) is 5.82 Å². The SMILES string of the molecule is CCN(C)S(=O)(=O)N1CC[C@]2(C(=O)Nc3ccccc32)[C@@H]1c1ccc(F)cc1. The summed E-state index contributed by atoms with van der Waals surface area (Å²) >= 11 is 0. The molecule has 0 saturated carbocycles. The van der Waals surface area contributed by atoms with E-state index in [0.717, 1.165) is 5.56 Å². The summed E-state index contributed by atoms with van der Waals surface area (Å²) in [6.45, 7) is 2.27. The van der Waals surface area contributed by atoms with Crippen molar-refractivity contribution in [2.45, 2.75) is 24.8 Å². The first kappa shape index (κ1) is 19.0. The van der Waals surface area contributed by atoms with Crippen LogP contribution < -0.4 is 5.32 Å². The van der Waals surface area contributed by atoms with Gasteiger partial charge in [0.2, 0.25) is 5.91 Å². The molecule has 6 nitrogen and oxygen atoms in total. The summed E-state index contributed by atoms with van der Waals surface area (Å²) in [5.41, 5.74) is 1.03. The Kier molecular flexibility index (Phi) is 4.52. The number of benzene rings is 2. The van der Waals surface area contributed by atoms with E-state index in [4.69, 9.17) is 0 Å². The number of carbonyl (C=O) groups excluding carboxylic acids is 1. The third kappa shape index (κ3) is 2.59. The van der Waals surface area contributed by atoms with Gasteiger partial charge in [0.25, 0.3) is 10.2 Å². The molecule has 1 spiro atoms. The van der Waals surface area contributed by atoms with Gasteiger partial charge in [-0.05, 0) is 35.7 Å².